The van der Waals surface area contributed by atoms with E-state index in [4.69, 9.17) is 69.6 Å². The van der Waals surface area contributed by atoms with Gasteiger partial charge < -0.3 is 0 Å². The van der Waals surface area contributed by atoms with E-state index >= 15 is 0 Å². The van der Waals surface area contributed by atoms with Crippen LogP contribution in [0.2, 0.25) is 0 Å². The Morgan fingerprint density at radius 3 is 1.28 bits per heavy atom. The lowest BCUT2D eigenvalue weighted by molar-refractivity contribution is 0.0994. The number of ketones is 2. The molecule has 2 nitrogen and oxygen atoms in total. The van der Waals surface area contributed by atoms with Crippen molar-refractivity contribution in [2.45, 2.75) is 28.4 Å². The molecule has 0 aliphatic heterocycles. The van der Waals surface area contributed by atoms with Crippen molar-refractivity contribution < 1.29 is 9.59 Å². The zero-order valence-electron chi connectivity index (χ0n) is 13.3. The molecular weight excluding hydrogens is 449 g/mol. The van der Waals surface area contributed by atoms with Crippen LogP contribution in [0, 0.1) is 20.8 Å². The van der Waals surface area contributed by atoms with Crippen molar-refractivity contribution in [3.63, 3.8) is 0 Å². The summed E-state index contributed by atoms with van der Waals surface area (Å²) in [6.45, 7) is 5.49. The molecule has 0 radical (unpaired) electrons. The average Bonchev–Trinajstić information content (AvgIpc) is 2.78. The van der Waals surface area contributed by atoms with Gasteiger partial charge in [-0.15, -0.1) is 0 Å². The van der Waals surface area contributed by atoms with Gasteiger partial charge in [-0.3, -0.25) is 9.59 Å². The molecule has 2 aliphatic carbocycles. The fourth-order valence-electron chi connectivity index (χ4n) is 2.91. The van der Waals surface area contributed by atoms with Gasteiger partial charge in [-0.05, 0) is 49.1 Å². The molecule has 0 fully saturated rings. The SMILES string of the molecule is Cc1cc(C)c2c(C(=O)C(Cl)(Cl)Cl)cc(C(=O)C(Cl)(Cl)Cl)c-2c(C)c1. The Hall–Kier alpha value is -0.220. The van der Waals surface area contributed by atoms with Crippen LogP contribution in [0.25, 0.3) is 11.1 Å². The highest BCUT2D eigenvalue weighted by Crippen LogP contribution is 2.44. The minimum atomic E-state index is -2.18. The van der Waals surface area contributed by atoms with E-state index in [1.165, 1.54) is 6.07 Å². The number of hydrogen-bond acceptors (Lipinski definition) is 2. The molecule has 0 heterocycles. The Bertz CT molecular complexity index is 779. The number of halogens is 6. The van der Waals surface area contributed by atoms with Gasteiger partial charge in [0.05, 0.1) is 0 Å². The first-order chi connectivity index (χ1) is 11.2. The number of rotatable bonds is 2. The van der Waals surface area contributed by atoms with E-state index in [2.05, 4.69) is 0 Å². The zero-order valence-corrected chi connectivity index (χ0v) is 17.9. The van der Waals surface area contributed by atoms with Crippen molar-refractivity contribution in [2.24, 2.45) is 0 Å². The van der Waals surface area contributed by atoms with Crippen LogP contribution in [-0.4, -0.2) is 19.2 Å². The minimum Gasteiger partial charge on any atom is -0.289 e. The number of alkyl halides is 6. The van der Waals surface area contributed by atoms with Gasteiger partial charge in [-0.1, -0.05) is 87.3 Å². The summed E-state index contributed by atoms with van der Waals surface area (Å²) in [6, 6.07) is 5.07. The monoisotopic (exact) mass is 458 g/mol. The summed E-state index contributed by atoms with van der Waals surface area (Å²) < 4.78 is -4.35. The molecule has 0 aromatic rings. The van der Waals surface area contributed by atoms with Crippen molar-refractivity contribution in [1.29, 1.82) is 0 Å². The normalized spacial score (nSPS) is 12.5. The standard InChI is InChI=1S/C17H12Cl6O2/c1-7-4-8(2)12-10(14(24)16(18,19)20)6-11(13(12)9(3)5-7)15(25)17(21,22)23/h4-6H,1-3H3. The first-order valence-electron chi connectivity index (χ1n) is 7.02. The summed E-state index contributed by atoms with van der Waals surface area (Å²) in [6.07, 6.45) is 0. The lowest BCUT2D eigenvalue weighted by Crippen LogP contribution is -2.19. The molecular formula is C17H12Cl6O2. The number of carbonyl (C=O) groups is 2. The van der Waals surface area contributed by atoms with E-state index in [0.717, 1.165) is 16.7 Å². The first kappa shape index (κ1) is 21.1. The van der Waals surface area contributed by atoms with Crippen LogP contribution >= 0.6 is 69.6 Å². The molecule has 0 aromatic carbocycles. The highest BCUT2D eigenvalue weighted by Gasteiger charge is 2.40. The van der Waals surface area contributed by atoms with Gasteiger partial charge in [0.2, 0.25) is 11.6 Å². The third-order valence-electron chi connectivity index (χ3n) is 3.76. The number of Topliss-reactive ketones (excluding diaryl/α,β-unsaturated/α-hetero) is 2. The molecule has 0 saturated carbocycles. The van der Waals surface area contributed by atoms with E-state index in [-0.39, 0.29) is 11.1 Å². The molecule has 0 bridgehead atoms. The van der Waals surface area contributed by atoms with Crippen LogP contribution < -0.4 is 0 Å². The Morgan fingerprint density at radius 2 is 1.00 bits per heavy atom. The Balaban J connectivity index is 2.95. The second-order valence-corrected chi connectivity index (χ2v) is 10.3. The largest absolute Gasteiger partial charge is 0.289 e. The molecule has 8 heteroatoms. The molecule has 0 N–H and O–H groups in total. The number of fused-ring (bicyclic) bond motifs is 1. The van der Waals surface area contributed by atoms with Gasteiger partial charge in [-0.2, -0.15) is 0 Å². The van der Waals surface area contributed by atoms with Crippen molar-refractivity contribution in [2.75, 3.05) is 0 Å². The van der Waals surface area contributed by atoms with E-state index in [1.54, 1.807) is 13.8 Å². The fraction of sp³-hybridized carbons (Fsp3) is 0.294. The number of aryl methyl sites for hydroxylation is 3. The van der Waals surface area contributed by atoms with Crippen molar-refractivity contribution in [1.82, 2.24) is 0 Å². The molecule has 2 rings (SSSR count). The molecule has 25 heavy (non-hydrogen) atoms. The molecule has 0 amide bonds. The topological polar surface area (TPSA) is 34.1 Å². The molecule has 0 unspecified atom stereocenters. The maximum atomic E-state index is 12.6. The Kier molecular flexibility index (Phi) is 5.96. The van der Waals surface area contributed by atoms with Gasteiger partial charge >= 0.3 is 0 Å². The summed E-state index contributed by atoms with van der Waals surface area (Å²) in [7, 11) is 0. The molecule has 134 valence electrons. The predicted octanol–water partition coefficient (Wildman–Crippen LogP) is 6.82. The summed E-state index contributed by atoms with van der Waals surface area (Å²) >= 11 is 34.6. The fourth-order valence-corrected chi connectivity index (χ4v) is 3.52. The summed E-state index contributed by atoms with van der Waals surface area (Å²) in [5.41, 5.74) is 3.61. The van der Waals surface area contributed by atoms with Crippen LogP contribution in [0.15, 0.2) is 18.2 Å². The Morgan fingerprint density at radius 1 is 0.680 bits per heavy atom. The molecule has 0 spiro atoms. The highest BCUT2D eigenvalue weighted by atomic mass is 35.6. The van der Waals surface area contributed by atoms with Crippen LogP contribution in [0.3, 0.4) is 0 Å². The summed E-state index contributed by atoms with van der Waals surface area (Å²) in [5, 5.41) is 0. The second-order valence-electron chi connectivity index (χ2n) is 5.77. The van der Waals surface area contributed by atoms with Crippen molar-refractivity contribution in [3.8, 4) is 11.1 Å². The first-order valence-corrected chi connectivity index (χ1v) is 9.29. The van der Waals surface area contributed by atoms with Gasteiger partial charge in [0.1, 0.15) is 0 Å². The average molecular weight is 461 g/mol. The van der Waals surface area contributed by atoms with Crippen molar-refractivity contribution in [3.05, 3.63) is 46.0 Å². The third kappa shape index (κ3) is 4.21. The lowest BCUT2D eigenvalue weighted by atomic mass is 9.97. The van der Waals surface area contributed by atoms with Gasteiger partial charge in [0, 0.05) is 11.1 Å². The Labute approximate surface area is 175 Å². The van der Waals surface area contributed by atoms with E-state index in [1.807, 2.05) is 19.1 Å². The van der Waals surface area contributed by atoms with E-state index in [0.29, 0.717) is 11.1 Å². The maximum Gasteiger partial charge on any atom is 0.253 e. The second kappa shape index (κ2) is 7.07. The summed E-state index contributed by atoms with van der Waals surface area (Å²) in [4.78, 5) is 25.2. The third-order valence-corrected chi connectivity index (χ3v) is 4.79. The molecule has 0 aromatic heterocycles. The number of carbonyl (C=O) groups excluding carboxylic acids is 2. The zero-order chi connectivity index (χ0) is 19.3. The molecule has 0 saturated heterocycles. The minimum absolute atomic E-state index is 0.101. The summed E-state index contributed by atoms with van der Waals surface area (Å²) in [5.74, 6) is -1.51. The van der Waals surface area contributed by atoms with Crippen LogP contribution in [0.4, 0.5) is 0 Å². The maximum absolute atomic E-state index is 12.6. The van der Waals surface area contributed by atoms with Crippen molar-refractivity contribution >= 4 is 81.2 Å². The van der Waals surface area contributed by atoms with Gasteiger partial charge in [0.25, 0.3) is 7.59 Å². The van der Waals surface area contributed by atoms with Gasteiger partial charge in [0.15, 0.2) is 0 Å². The van der Waals surface area contributed by atoms with Crippen LogP contribution in [0.5, 0.6) is 0 Å². The van der Waals surface area contributed by atoms with E-state index in [9.17, 15) is 9.59 Å². The lowest BCUT2D eigenvalue weighted by Gasteiger charge is -2.12. The van der Waals surface area contributed by atoms with Crippen LogP contribution in [-0.2, 0) is 0 Å². The number of hydrogen-bond donors (Lipinski definition) is 0. The smallest absolute Gasteiger partial charge is 0.253 e. The quantitative estimate of drug-likeness (QED) is 0.364. The molecule has 2 aliphatic rings. The predicted molar refractivity (Wildman–Crippen MR) is 107 cm³/mol. The van der Waals surface area contributed by atoms with Gasteiger partial charge in [-0.25, -0.2) is 0 Å². The van der Waals surface area contributed by atoms with Crippen LogP contribution in [0.1, 0.15) is 37.4 Å². The highest BCUT2D eigenvalue weighted by molar-refractivity contribution is 6.78. The molecule has 0 atom stereocenters. The van der Waals surface area contributed by atoms with E-state index < -0.39 is 19.2 Å².